The van der Waals surface area contributed by atoms with Crippen LogP contribution >= 0.6 is 0 Å². The highest BCUT2D eigenvalue weighted by Gasteiger charge is 2.23. The second-order valence-corrected chi connectivity index (χ2v) is 17.5. The first-order valence-corrected chi connectivity index (χ1v) is 23.3. The fourth-order valence-corrected chi connectivity index (χ4v) is 10.5. The summed E-state index contributed by atoms with van der Waals surface area (Å²) >= 11 is 0. The molecule has 4 heterocycles. The van der Waals surface area contributed by atoms with Crippen molar-refractivity contribution in [1.82, 2.24) is 24.1 Å². The Balaban J connectivity index is 0.995. The summed E-state index contributed by atoms with van der Waals surface area (Å²) in [4.78, 5) is 16.1. The van der Waals surface area contributed by atoms with E-state index in [2.05, 4.69) is 215 Å². The van der Waals surface area contributed by atoms with Crippen molar-refractivity contribution in [3.8, 4) is 67.8 Å². The Kier molecular flexibility index (Phi) is 8.79. The Morgan fingerprint density at radius 1 is 0.304 bits per heavy atom. The molecule has 0 unspecified atom stereocenters. The standard InChI is InChI=1S/C63H39N5O/c1-3-18-40(19-4-1)53-39-44(36-37-57(53)67-54-32-11-7-24-47(54)48-25-8-12-33-55(48)67)62-64-61(41-20-5-2-6-21-41)65-63(66-62)68-56-34-13-9-26-49(56)51-30-16-28-45(59(51)68)42-22-15-23-43(38-42)46-29-17-31-52-50-27-10-14-35-58(50)69-60(46)52/h1-39H. The minimum atomic E-state index is 0.536. The average molecular weight is 882 g/mol. The zero-order valence-electron chi connectivity index (χ0n) is 37.2. The second kappa shape index (κ2) is 15.6. The highest BCUT2D eigenvalue weighted by atomic mass is 16.3. The normalized spacial score (nSPS) is 11.8. The lowest BCUT2D eigenvalue weighted by Gasteiger charge is -2.16. The molecule has 0 aliphatic rings. The van der Waals surface area contributed by atoms with Gasteiger partial charge in [-0.05, 0) is 65.2 Å². The Labute approximate surface area is 396 Å². The van der Waals surface area contributed by atoms with Gasteiger partial charge in [0, 0.05) is 60.1 Å². The molecule has 0 aliphatic heterocycles. The largest absolute Gasteiger partial charge is 0.455 e. The lowest BCUT2D eigenvalue weighted by atomic mass is 9.96. The van der Waals surface area contributed by atoms with Gasteiger partial charge in [0.15, 0.2) is 11.6 Å². The Morgan fingerprint density at radius 2 is 0.812 bits per heavy atom. The highest BCUT2D eigenvalue weighted by molar-refractivity contribution is 6.14. The van der Waals surface area contributed by atoms with Gasteiger partial charge in [-0.1, -0.05) is 188 Å². The number of para-hydroxylation sites is 6. The third-order valence-electron chi connectivity index (χ3n) is 13.6. The number of hydrogen-bond acceptors (Lipinski definition) is 4. The molecule has 6 nitrogen and oxygen atoms in total. The molecule has 0 spiro atoms. The lowest BCUT2D eigenvalue weighted by molar-refractivity contribution is 0.670. The molecule has 0 amide bonds. The average Bonchev–Trinajstić information content (AvgIpc) is 4.09. The number of furan rings is 1. The summed E-state index contributed by atoms with van der Waals surface area (Å²) in [5.74, 6) is 1.70. The summed E-state index contributed by atoms with van der Waals surface area (Å²) in [5, 5.41) is 6.87. The third-order valence-corrected chi connectivity index (χ3v) is 13.6. The molecule has 0 aliphatic carbocycles. The molecule has 0 fully saturated rings. The molecule has 10 aromatic carbocycles. The summed E-state index contributed by atoms with van der Waals surface area (Å²) in [6.07, 6.45) is 0. The number of benzene rings is 10. The van der Waals surface area contributed by atoms with Crippen molar-refractivity contribution >= 4 is 65.6 Å². The maximum Gasteiger partial charge on any atom is 0.238 e. The number of aromatic nitrogens is 5. The number of fused-ring (bicyclic) bond motifs is 9. The van der Waals surface area contributed by atoms with Gasteiger partial charge >= 0.3 is 0 Å². The zero-order valence-corrected chi connectivity index (χ0v) is 37.2. The van der Waals surface area contributed by atoms with E-state index in [1.807, 2.05) is 30.3 Å². The summed E-state index contributed by atoms with van der Waals surface area (Å²) in [6.45, 7) is 0. The Hall–Kier alpha value is -9.39. The van der Waals surface area contributed by atoms with Crippen LogP contribution in [0.4, 0.5) is 0 Å². The molecule has 0 bridgehead atoms. The van der Waals surface area contributed by atoms with E-state index in [1.165, 1.54) is 10.8 Å². The second-order valence-electron chi connectivity index (χ2n) is 17.5. The summed E-state index contributed by atoms with van der Waals surface area (Å²) < 4.78 is 11.1. The molecule has 14 rings (SSSR count). The van der Waals surface area contributed by atoms with Crippen LogP contribution in [0.2, 0.25) is 0 Å². The van der Waals surface area contributed by atoms with Crippen LogP contribution in [0.3, 0.4) is 0 Å². The van der Waals surface area contributed by atoms with Gasteiger partial charge in [-0.25, -0.2) is 4.98 Å². The van der Waals surface area contributed by atoms with E-state index in [-0.39, 0.29) is 0 Å². The summed E-state index contributed by atoms with van der Waals surface area (Å²) in [5.41, 5.74) is 15.4. The predicted octanol–water partition coefficient (Wildman–Crippen LogP) is 16.3. The first-order chi connectivity index (χ1) is 34.2. The van der Waals surface area contributed by atoms with E-state index in [9.17, 15) is 0 Å². The van der Waals surface area contributed by atoms with E-state index in [0.717, 1.165) is 105 Å². The molecule has 322 valence electrons. The van der Waals surface area contributed by atoms with Gasteiger partial charge in [0.2, 0.25) is 5.95 Å². The number of nitrogens with zero attached hydrogens (tertiary/aromatic N) is 5. The Morgan fingerprint density at radius 3 is 1.52 bits per heavy atom. The highest BCUT2D eigenvalue weighted by Crippen LogP contribution is 2.42. The van der Waals surface area contributed by atoms with Crippen LogP contribution in [-0.2, 0) is 0 Å². The molecule has 4 aromatic heterocycles. The van der Waals surface area contributed by atoms with Crippen molar-refractivity contribution < 1.29 is 4.42 Å². The molecular formula is C63H39N5O. The molecule has 69 heavy (non-hydrogen) atoms. The molecule has 0 N–H and O–H groups in total. The fourth-order valence-electron chi connectivity index (χ4n) is 10.5. The molecular weight excluding hydrogens is 843 g/mol. The van der Waals surface area contributed by atoms with Crippen LogP contribution < -0.4 is 0 Å². The van der Waals surface area contributed by atoms with Crippen LogP contribution in [0.5, 0.6) is 0 Å². The summed E-state index contributed by atoms with van der Waals surface area (Å²) in [7, 11) is 0. The van der Waals surface area contributed by atoms with Gasteiger partial charge in [0.1, 0.15) is 11.2 Å². The van der Waals surface area contributed by atoms with Gasteiger partial charge in [0.25, 0.3) is 0 Å². The SMILES string of the molecule is c1ccc(-c2nc(-c3ccc(-n4c5ccccc5c5ccccc54)c(-c4ccccc4)c3)nc(-n3c4ccccc4c4cccc(-c5cccc(-c6cccc7c6oc6ccccc67)c5)c43)n2)cc1. The van der Waals surface area contributed by atoms with Crippen LogP contribution in [0.1, 0.15) is 0 Å². The Bertz CT molecular complexity index is 4260. The topological polar surface area (TPSA) is 61.7 Å². The van der Waals surface area contributed by atoms with Crippen LogP contribution in [0.25, 0.3) is 133 Å². The third kappa shape index (κ3) is 6.23. The first kappa shape index (κ1) is 38.8. The minimum absolute atomic E-state index is 0.536. The van der Waals surface area contributed by atoms with Crippen LogP contribution in [0.15, 0.2) is 241 Å². The summed E-state index contributed by atoms with van der Waals surface area (Å²) in [6, 6.07) is 83.3. The van der Waals surface area contributed by atoms with E-state index in [1.54, 1.807) is 0 Å². The quantitative estimate of drug-likeness (QED) is 0.160. The van der Waals surface area contributed by atoms with Gasteiger partial charge in [-0.3, -0.25) is 4.57 Å². The van der Waals surface area contributed by atoms with Gasteiger partial charge in [-0.15, -0.1) is 0 Å². The van der Waals surface area contributed by atoms with E-state index in [4.69, 9.17) is 19.4 Å². The van der Waals surface area contributed by atoms with E-state index >= 15 is 0 Å². The molecule has 14 aromatic rings. The molecule has 0 saturated carbocycles. The molecule has 0 saturated heterocycles. The van der Waals surface area contributed by atoms with E-state index < -0.39 is 0 Å². The van der Waals surface area contributed by atoms with Crippen molar-refractivity contribution in [2.75, 3.05) is 0 Å². The molecule has 0 radical (unpaired) electrons. The van der Waals surface area contributed by atoms with Gasteiger partial charge in [0.05, 0.1) is 27.8 Å². The number of rotatable bonds is 7. The van der Waals surface area contributed by atoms with Crippen molar-refractivity contribution in [3.63, 3.8) is 0 Å². The molecule has 6 heteroatoms. The van der Waals surface area contributed by atoms with Crippen molar-refractivity contribution in [2.24, 2.45) is 0 Å². The monoisotopic (exact) mass is 881 g/mol. The lowest BCUT2D eigenvalue weighted by Crippen LogP contribution is -2.07. The maximum absolute atomic E-state index is 6.53. The van der Waals surface area contributed by atoms with Crippen molar-refractivity contribution in [3.05, 3.63) is 237 Å². The van der Waals surface area contributed by atoms with Crippen LogP contribution in [-0.4, -0.2) is 24.1 Å². The van der Waals surface area contributed by atoms with E-state index in [0.29, 0.717) is 17.6 Å². The fraction of sp³-hybridized carbons (Fsp3) is 0. The first-order valence-electron chi connectivity index (χ1n) is 23.3. The van der Waals surface area contributed by atoms with Crippen molar-refractivity contribution in [2.45, 2.75) is 0 Å². The molecule has 0 atom stereocenters. The minimum Gasteiger partial charge on any atom is -0.455 e. The predicted molar refractivity (Wildman–Crippen MR) is 283 cm³/mol. The maximum atomic E-state index is 6.53. The van der Waals surface area contributed by atoms with Gasteiger partial charge < -0.3 is 8.98 Å². The van der Waals surface area contributed by atoms with Crippen LogP contribution in [0, 0.1) is 0 Å². The zero-order chi connectivity index (χ0) is 45.4. The van der Waals surface area contributed by atoms with Gasteiger partial charge in [-0.2, -0.15) is 9.97 Å². The number of hydrogen-bond donors (Lipinski definition) is 0. The smallest absolute Gasteiger partial charge is 0.238 e. The van der Waals surface area contributed by atoms with Crippen molar-refractivity contribution in [1.29, 1.82) is 0 Å².